The van der Waals surface area contributed by atoms with Gasteiger partial charge in [-0.05, 0) is 55.8 Å². The number of ether oxygens (including phenoxy) is 2. The molecule has 1 amide bonds. The fraction of sp³-hybridized carbons (Fsp3) is 0.409. The molecule has 1 heterocycles. The second-order valence-electron chi connectivity index (χ2n) is 7.15. The molecule has 1 saturated heterocycles. The molecule has 0 aromatic heterocycles. The van der Waals surface area contributed by atoms with Crippen LogP contribution < -0.4 is 9.47 Å². The highest BCUT2D eigenvalue weighted by molar-refractivity contribution is 6.30. The predicted octanol–water partition coefficient (Wildman–Crippen LogP) is 4.15. The van der Waals surface area contributed by atoms with Gasteiger partial charge in [0.05, 0.1) is 26.8 Å². The molecule has 5 nitrogen and oxygen atoms in total. The summed E-state index contributed by atoms with van der Waals surface area (Å²) in [6, 6.07) is 13.5. The Hall–Kier alpha value is -2.24. The van der Waals surface area contributed by atoms with Crippen molar-refractivity contribution in [1.82, 2.24) is 9.80 Å². The van der Waals surface area contributed by atoms with Crippen LogP contribution in [0.15, 0.2) is 42.5 Å². The van der Waals surface area contributed by atoms with Crippen LogP contribution in [0.1, 0.15) is 30.0 Å². The van der Waals surface area contributed by atoms with E-state index in [1.807, 2.05) is 59.3 Å². The van der Waals surface area contributed by atoms with Gasteiger partial charge in [-0.1, -0.05) is 23.7 Å². The van der Waals surface area contributed by atoms with Crippen molar-refractivity contribution in [2.45, 2.75) is 25.4 Å². The summed E-state index contributed by atoms with van der Waals surface area (Å²) in [6.07, 6.45) is 1.91. The number of hydrogen-bond donors (Lipinski definition) is 0. The largest absolute Gasteiger partial charge is 0.497 e. The van der Waals surface area contributed by atoms with Crippen molar-refractivity contribution in [2.24, 2.45) is 0 Å². The minimum absolute atomic E-state index is 0.0153. The highest BCUT2D eigenvalue weighted by Crippen LogP contribution is 2.39. The average Bonchev–Trinajstić information content (AvgIpc) is 3.19. The minimum atomic E-state index is 0.0153. The molecule has 0 radical (unpaired) electrons. The molecule has 3 rings (SSSR count). The fourth-order valence-electron chi connectivity index (χ4n) is 3.77. The summed E-state index contributed by atoms with van der Waals surface area (Å²) in [5, 5.41) is 0.717. The highest BCUT2D eigenvalue weighted by Gasteiger charge is 2.32. The van der Waals surface area contributed by atoms with E-state index in [9.17, 15) is 4.79 Å². The smallest absolute Gasteiger partial charge is 0.237 e. The van der Waals surface area contributed by atoms with Gasteiger partial charge < -0.3 is 14.4 Å². The predicted molar refractivity (Wildman–Crippen MR) is 111 cm³/mol. The third kappa shape index (κ3) is 4.78. The molecule has 1 atom stereocenters. The van der Waals surface area contributed by atoms with Gasteiger partial charge >= 0.3 is 0 Å². The summed E-state index contributed by atoms with van der Waals surface area (Å²) in [5.41, 5.74) is 2.14. The molecular formula is C22H27ClN2O3. The molecule has 0 aliphatic carbocycles. The maximum atomic E-state index is 13.0. The van der Waals surface area contributed by atoms with Crippen LogP contribution in [0, 0.1) is 0 Å². The first-order chi connectivity index (χ1) is 13.5. The van der Waals surface area contributed by atoms with Crippen LogP contribution in [-0.4, -0.2) is 50.1 Å². The van der Waals surface area contributed by atoms with Crippen molar-refractivity contribution in [3.8, 4) is 11.5 Å². The first-order valence-electron chi connectivity index (χ1n) is 9.46. The van der Waals surface area contributed by atoms with E-state index in [2.05, 4.69) is 0 Å². The lowest BCUT2D eigenvalue weighted by atomic mass is 10.0. The van der Waals surface area contributed by atoms with Gasteiger partial charge in [-0.3, -0.25) is 9.69 Å². The molecule has 28 heavy (non-hydrogen) atoms. The van der Waals surface area contributed by atoms with E-state index >= 15 is 0 Å². The van der Waals surface area contributed by atoms with Crippen molar-refractivity contribution >= 4 is 17.5 Å². The molecule has 2 aromatic carbocycles. The lowest BCUT2D eigenvalue weighted by Crippen LogP contribution is -2.38. The molecule has 150 valence electrons. The summed E-state index contributed by atoms with van der Waals surface area (Å²) < 4.78 is 10.9. The molecule has 1 aliphatic rings. The Labute approximate surface area is 171 Å². The molecule has 0 bridgehead atoms. The molecule has 1 aliphatic heterocycles. The number of nitrogens with zero attached hydrogens (tertiary/aromatic N) is 2. The van der Waals surface area contributed by atoms with E-state index in [0.717, 1.165) is 47.0 Å². The number of hydrogen-bond acceptors (Lipinski definition) is 4. The Kier molecular flexibility index (Phi) is 6.81. The molecule has 2 aromatic rings. The summed E-state index contributed by atoms with van der Waals surface area (Å²) in [4.78, 5) is 17.0. The van der Waals surface area contributed by atoms with Crippen LogP contribution >= 0.6 is 11.6 Å². The second-order valence-corrected chi connectivity index (χ2v) is 7.59. The number of amides is 1. The van der Waals surface area contributed by atoms with Crippen molar-refractivity contribution in [2.75, 3.05) is 34.4 Å². The number of carbonyl (C=O) groups excluding carboxylic acids is 1. The monoisotopic (exact) mass is 402 g/mol. The number of benzene rings is 2. The van der Waals surface area contributed by atoms with Crippen LogP contribution in [0.25, 0.3) is 0 Å². The Bertz CT molecular complexity index is 810. The first-order valence-corrected chi connectivity index (χ1v) is 9.84. The van der Waals surface area contributed by atoms with Crippen LogP contribution in [-0.2, 0) is 11.3 Å². The van der Waals surface area contributed by atoms with Crippen molar-refractivity contribution in [3.63, 3.8) is 0 Å². The van der Waals surface area contributed by atoms with E-state index in [-0.39, 0.29) is 11.9 Å². The van der Waals surface area contributed by atoms with Gasteiger partial charge in [-0.15, -0.1) is 0 Å². The SMILES string of the molecule is COc1ccc(OC)c([C@@H]2CCCN2C(=O)CN(C)Cc2ccc(Cl)cc2)c1. The Morgan fingerprint density at radius 1 is 1.18 bits per heavy atom. The van der Waals surface area contributed by atoms with E-state index in [4.69, 9.17) is 21.1 Å². The van der Waals surface area contributed by atoms with Gasteiger partial charge in [0, 0.05) is 23.7 Å². The Morgan fingerprint density at radius 2 is 1.93 bits per heavy atom. The fourth-order valence-corrected chi connectivity index (χ4v) is 3.89. The summed E-state index contributed by atoms with van der Waals surface area (Å²) >= 11 is 5.95. The molecule has 6 heteroatoms. The van der Waals surface area contributed by atoms with Crippen LogP contribution in [0.5, 0.6) is 11.5 Å². The van der Waals surface area contributed by atoms with E-state index in [0.29, 0.717) is 13.1 Å². The standard InChI is InChI=1S/C22H27ClN2O3/c1-24(14-16-6-8-17(23)9-7-16)15-22(26)25-12-4-5-20(25)19-13-18(27-2)10-11-21(19)28-3/h6-11,13,20H,4-5,12,14-15H2,1-3H3/t20-/m0/s1. The molecule has 0 unspecified atom stereocenters. The normalized spacial score (nSPS) is 16.5. The van der Waals surface area contributed by atoms with Crippen molar-refractivity contribution < 1.29 is 14.3 Å². The van der Waals surface area contributed by atoms with E-state index < -0.39 is 0 Å². The summed E-state index contributed by atoms with van der Waals surface area (Å²) in [6.45, 7) is 1.83. The highest BCUT2D eigenvalue weighted by atomic mass is 35.5. The van der Waals surface area contributed by atoms with Crippen LogP contribution in [0.3, 0.4) is 0 Å². The van der Waals surface area contributed by atoms with Crippen LogP contribution in [0.4, 0.5) is 0 Å². The molecular weight excluding hydrogens is 376 g/mol. The van der Waals surface area contributed by atoms with Gasteiger partial charge in [0.25, 0.3) is 0 Å². The van der Waals surface area contributed by atoms with Gasteiger partial charge in [0.2, 0.25) is 5.91 Å². The number of carbonyl (C=O) groups is 1. The van der Waals surface area contributed by atoms with Crippen molar-refractivity contribution in [3.05, 3.63) is 58.6 Å². The van der Waals surface area contributed by atoms with Gasteiger partial charge in [0.1, 0.15) is 11.5 Å². The lowest BCUT2D eigenvalue weighted by Gasteiger charge is -2.28. The molecule has 1 fully saturated rings. The maximum absolute atomic E-state index is 13.0. The maximum Gasteiger partial charge on any atom is 0.237 e. The number of methoxy groups -OCH3 is 2. The van der Waals surface area contributed by atoms with Crippen molar-refractivity contribution in [1.29, 1.82) is 0 Å². The number of likely N-dealkylation sites (N-methyl/N-ethyl adjacent to an activating group) is 1. The lowest BCUT2D eigenvalue weighted by molar-refractivity contribution is -0.133. The topological polar surface area (TPSA) is 42.0 Å². The Morgan fingerprint density at radius 3 is 2.61 bits per heavy atom. The van der Waals surface area contributed by atoms with Gasteiger partial charge in [-0.2, -0.15) is 0 Å². The first kappa shape index (κ1) is 20.5. The second kappa shape index (κ2) is 9.30. The Balaban J connectivity index is 1.70. The third-order valence-corrected chi connectivity index (χ3v) is 5.39. The zero-order valence-corrected chi connectivity index (χ0v) is 17.4. The number of halogens is 1. The molecule has 0 spiro atoms. The van der Waals surface area contributed by atoms with Gasteiger partial charge in [0.15, 0.2) is 0 Å². The summed E-state index contributed by atoms with van der Waals surface area (Å²) in [7, 11) is 5.27. The zero-order chi connectivity index (χ0) is 20.1. The zero-order valence-electron chi connectivity index (χ0n) is 16.7. The average molecular weight is 403 g/mol. The third-order valence-electron chi connectivity index (χ3n) is 5.14. The minimum Gasteiger partial charge on any atom is -0.497 e. The quantitative estimate of drug-likeness (QED) is 0.697. The molecule has 0 saturated carbocycles. The van der Waals surface area contributed by atoms with Gasteiger partial charge in [-0.25, -0.2) is 0 Å². The number of rotatable bonds is 7. The van der Waals surface area contributed by atoms with E-state index in [1.165, 1.54) is 0 Å². The van der Waals surface area contributed by atoms with E-state index in [1.54, 1.807) is 14.2 Å². The van der Waals surface area contributed by atoms with Crippen LogP contribution in [0.2, 0.25) is 5.02 Å². The molecule has 0 N–H and O–H groups in total. The number of likely N-dealkylation sites (tertiary alicyclic amines) is 1. The summed E-state index contributed by atoms with van der Waals surface area (Å²) in [5.74, 6) is 1.69.